The van der Waals surface area contributed by atoms with Crippen LogP contribution < -0.4 is 24.3 Å². The zero-order valence-electron chi connectivity index (χ0n) is 15.1. The molecule has 1 amide bonds. The highest BCUT2D eigenvalue weighted by Gasteiger charge is 2.17. The van der Waals surface area contributed by atoms with Crippen LogP contribution >= 0.6 is 0 Å². The minimum Gasteiger partial charge on any atom is -0.497 e. The van der Waals surface area contributed by atoms with Crippen LogP contribution in [0.3, 0.4) is 0 Å². The maximum atomic E-state index is 12.4. The normalized spacial score (nSPS) is 10.0. The topological polar surface area (TPSA) is 83.1 Å². The number of hydrogen-bond acceptors (Lipinski definition) is 6. The van der Waals surface area contributed by atoms with Crippen molar-refractivity contribution in [3.63, 3.8) is 0 Å². The zero-order valence-corrected chi connectivity index (χ0v) is 15.1. The van der Waals surface area contributed by atoms with Gasteiger partial charge in [0.2, 0.25) is 5.75 Å². The molecule has 0 aliphatic carbocycles. The lowest BCUT2D eigenvalue weighted by Gasteiger charge is -2.14. The number of Topliss-reactive ketones (excluding diaryl/α,β-unsaturated/α-hetero) is 1. The van der Waals surface area contributed by atoms with Crippen LogP contribution in [0.25, 0.3) is 0 Å². The third-order valence-corrected chi connectivity index (χ3v) is 3.75. The molecule has 0 spiro atoms. The standard InChI is InChI=1S/C19H21NO6/c1-23-14-7-5-12(6-8-14)19(22)20-11-15(21)13-9-16(24-2)18(26-4)17(10-13)25-3/h5-10H,11H2,1-4H3,(H,20,22). The number of carbonyl (C=O) groups is 2. The van der Waals surface area contributed by atoms with Crippen LogP contribution in [0.1, 0.15) is 20.7 Å². The summed E-state index contributed by atoms with van der Waals surface area (Å²) >= 11 is 0. The number of amides is 1. The number of nitrogens with one attached hydrogen (secondary N) is 1. The summed E-state index contributed by atoms with van der Waals surface area (Å²) in [5.74, 6) is 1.15. The summed E-state index contributed by atoms with van der Waals surface area (Å²) in [5, 5.41) is 2.60. The smallest absolute Gasteiger partial charge is 0.251 e. The van der Waals surface area contributed by atoms with E-state index in [1.165, 1.54) is 21.3 Å². The van der Waals surface area contributed by atoms with Gasteiger partial charge in [0.1, 0.15) is 5.75 Å². The summed E-state index contributed by atoms with van der Waals surface area (Å²) in [6, 6.07) is 9.69. The molecular weight excluding hydrogens is 338 g/mol. The lowest BCUT2D eigenvalue weighted by Crippen LogP contribution is -2.29. The predicted molar refractivity (Wildman–Crippen MR) is 95.8 cm³/mol. The molecule has 1 N–H and O–H groups in total. The highest BCUT2D eigenvalue weighted by molar-refractivity contribution is 6.02. The Morgan fingerprint density at radius 1 is 0.808 bits per heavy atom. The number of ketones is 1. The molecule has 26 heavy (non-hydrogen) atoms. The molecule has 138 valence electrons. The van der Waals surface area contributed by atoms with Gasteiger partial charge in [-0.3, -0.25) is 9.59 Å². The average Bonchev–Trinajstić information content (AvgIpc) is 2.70. The molecular formula is C19H21NO6. The van der Waals surface area contributed by atoms with Crippen LogP contribution in [0.5, 0.6) is 23.0 Å². The van der Waals surface area contributed by atoms with Crippen LogP contribution in [0.2, 0.25) is 0 Å². The van der Waals surface area contributed by atoms with E-state index in [2.05, 4.69) is 5.32 Å². The number of rotatable bonds is 8. The van der Waals surface area contributed by atoms with E-state index in [0.717, 1.165) is 0 Å². The molecule has 0 unspecified atom stereocenters. The van der Waals surface area contributed by atoms with Gasteiger partial charge in [-0.15, -0.1) is 0 Å². The highest BCUT2D eigenvalue weighted by atomic mass is 16.5. The van der Waals surface area contributed by atoms with Crippen molar-refractivity contribution in [1.29, 1.82) is 0 Å². The van der Waals surface area contributed by atoms with Crippen LogP contribution in [0.15, 0.2) is 36.4 Å². The molecule has 7 heteroatoms. The lowest BCUT2D eigenvalue weighted by atomic mass is 10.1. The highest BCUT2D eigenvalue weighted by Crippen LogP contribution is 2.38. The molecule has 0 fully saturated rings. The summed E-state index contributed by atoms with van der Waals surface area (Å²) in [6.07, 6.45) is 0. The van der Waals surface area contributed by atoms with Crippen molar-refractivity contribution in [3.05, 3.63) is 47.5 Å². The third-order valence-electron chi connectivity index (χ3n) is 3.75. The molecule has 0 saturated heterocycles. The van der Waals surface area contributed by atoms with Crippen LogP contribution in [0.4, 0.5) is 0 Å². The fraction of sp³-hybridized carbons (Fsp3) is 0.263. The van der Waals surface area contributed by atoms with Gasteiger partial charge in [-0.2, -0.15) is 0 Å². The van der Waals surface area contributed by atoms with E-state index < -0.39 is 0 Å². The molecule has 0 radical (unpaired) electrons. The fourth-order valence-electron chi connectivity index (χ4n) is 2.35. The van der Waals surface area contributed by atoms with Gasteiger partial charge in [0.15, 0.2) is 17.3 Å². The van der Waals surface area contributed by atoms with E-state index in [9.17, 15) is 9.59 Å². The molecule has 0 aliphatic rings. The summed E-state index contributed by atoms with van der Waals surface area (Å²) in [6.45, 7) is -0.163. The number of carbonyl (C=O) groups excluding carboxylic acids is 2. The molecule has 0 saturated carbocycles. The Labute approximate surface area is 151 Å². The van der Waals surface area contributed by atoms with E-state index in [1.807, 2.05) is 0 Å². The molecule has 7 nitrogen and oxygen atoms in total. The second-order valence-electron chi connectivity index (χ2n) is 5.25. The molecule has 0 bridgehead atoms. The summed E-state index contributed by atoms with van der Waals surface area (Å²) < 4.78 is 20.7. The van der Waals surface area contributed by atoms with Crippen LogP contribution in [-0.2, 0) is 0 Å². The first-order valence-electron chi connectivity index (χ1n) is 7.79. The largest absolute Gasteiger partial charge is 0.497 e. The number of hydrogen-bond donors (Lipinski definition) is 1. The molecule has 2 aromatic carbocycles. The van der Waals surface area contributed by atoms with E-state index in [4.69, 9.17) is 18.9 Å². The molecule has 0 aliphatic heterocycles. The zero-order chi connectivity index (χ0) is 19.1. The molecule has 0 aromatic heterocycles. The van der Waals surface area contributed by atoms with Gasteiger partial charge in [0.25, 0.3) is 5.91 Å². The van der Waals surface area contributed by atoms with Crippen molar-refractivity contribution in [1.82, 2.24) is 5.32 Å². The van der Waals surface area contributed by atoms with Crippen LogP contribution in [-0.4, -0.2) is 46.7 Å². The predicted octanol–water partition coefficient (Wildman–Crippen LogP) is 2.33. The Morgan fingerprint density at radius 2 is 1.38 bits per heavy atom. The lowest BCUT2D eigenvalue weighted by molar-refractivity contribution is 0.0904. The SMILES string of the molecule is COc1ccc(C(=O)NCC(=O)c2cc(OC)c(OC)c(OC)c2)cc1. The van der Waals surface area contributed by atoms with E-state index >= 15 is 0 Å². The minimum atomic E-state index is -0.353. The van der Waals surface area contributed by atoms with E-state index in [1.54, 1.807) is 43.5 Å². The van der Waals surface area contributed by atoms with Crippen molar-refractivity contribution in [3.8, 4) is 23.0 Å². The maximum Gasteiger partial charge on any atom is 0.251 e. The fourth-order valence-corrected chi connectivity index (χ4v) is 2.35. The van der Waals surface area contributed by atoms with Crippen molar-refractivity contribution < 1.29 is 28.5 Å². The third kappa shape index (κ3) is 4.24. The second-order valence-corrected chi connectivity index (χ2v) is 5.25. The summed E-state index contributed by atoms with van der Waals surface area (Å²) in [7, 11) is 5.97. The molecule has 0 atom stereocenters. The monoisotopic (exact) mass is 359 g/mol. The number of ether oxygens (including phenoxy) is 4. The van der Waals surface area contributed by atoms with Crippen LogP contribution in [0, 0.1) is 0 Å². The van der Waals surface area contributed by atoms with Gasteiger partial charge < -0.3 is 24.3 Å². The Balaban J connectivity index is 2.10. The van der Waals surface area contributed by atoms with Gasteiger partial charge in [0, 0.05) is 11.1 Å². The van der Waals surface area contributed by atoms with Crippen molar-refractivity contribution in [2.24, 2.45) is 0 Å². The average molecular weight is 359 g/mol. The second kappa shape index (κ2) is 8.75. The quantitative estimate of drug-likeness (QED) is 0.729. The summed E-state index contributed by atoms with van der Waals surface area (Å²) in [4.78, 5) is 24.6. The molecule has 2 rings (SSSR count). The Bertz CT molecular complexity index is 760. The Hall–Kier alpha value is -3.22. The number of benzene rings is 2. The van der Waals surface area contributed by atoms with E-state index in [-0.39, 0.29) is 18.2 Å². The minimum absolute atomic E-state index is 0.163. The number of methoxy groups -OCH3 is 4. The first-order chi connectivity index (χ1) is 12.5. The van der Waals surface area contributed by atoms with Gasteiger partial charge in [-0.05, 0) is 36.4 Å². The van der Waals surface area contributed by atoms with Crippen molar-refractivity contribution >= 4 is 11.7 Å². The first kappa shape index (κ1) is 19.1. The van der Waals surface area contributed by atoms with Gasteiger partial charge in [0.05, 0.1) is 35.0 Å². The van der Waals surface area contributed by atoms with E-state index in [0.29, 0.717) is 34.1 Å². The van der Waals surface area contributed by atoms with Gasteiger partial charge >= 0.3 is 0 Å². The maximum absolute atomic E-state index is 12.4. The first-order valence-corrected chi connectivity index (χ1v) is 7.79. The Morgan fingerprint density at radius 3 is 1.85 bits per heavy atom. The summed E-state index contributed by atoms with van der Waals surface area (Å²) in [5.41, 5.74) is 0.776. The molecule has 0 heterocycles. The van der Waals surface area contributed by atoms with Crippen molar-refractivity contribution in [2.45, 2.75) is 0 Å². The van der Waals surface area contributed by atoms with Gasteiger partial charge in [-0.1, -0.05) is 0 Å². The van der Waals surface area contributed by atoms with Crippen molar-refractivity contribution in [2.75, 3.05) is 35.0 Å². The molecule has 2 aromatic rings. The Kier molecular flexibility index (Phi) is 6.43. The van der Waals surface area contributed by atoms with Gasteiger partial charge in [-0.25, -0.2) is 0 Å².